The molecule has 0 aromatic carbocycles. The molecule has 2 atom stereocenters. The van der Waals surface area contributed by atoms with Crippen molar-refractivity contribution >= 4 is 15.8 Å². The van der Waals surface area contributed by atoms with Gasteiger partial charge in [0.05, 0.1) is 6.07 Å². The SMILES string of the molecule is CCC(C#N)S(=O)(=O)N1CCCC(C(C)=O)C1. The fourth-order valence-electron chi connectivity index (χ4n) is 2.05. The summed E-state index contributed by atoms with van der Waals surface area (Å²) in [5, 5.41) is 7.85. The van der Waals surface area contributed by atoms with Crippen molar-refractivity contribution in [3.63, 3.8) is 0 Å². The summed E-state index contributed by atoms with van der Waals surface area (Å²) in [6, 6.07) is 1.82. The first-order chi connectivity index (χ1) is 7.93. The zero-order valence-corrected chi connectivity index (χ0v) is 11.0. The summed E-state index contributed by atoms with van der Waals surface area (Å²) >= 11 is 0. The molecule has 0 bridgehead atoms. The van der Waals surface area contributed by atoms with Gasteiger partial charge in [0.2, 0.25) is 10.0 Å². The van der Waals surface area contributed by atoms with Crippen molar-refractivity contribution < 1.29 is 13.2 Å². The van der Waals surface area contributed by atoms with Gasteiger partial charge >= 0.3 is 0 Å². The Bertz CT molecular complexity index is 424. The van der Waals surface area contributed by atoms with Crippen LogP contribution in [0.15, 0.2) is 0 Å². The van der Waals surface area contributed by atoms with Crippen molar-refractivity contribution in [2.45, 2.75) is 38.4 Å². The van der Waals surface area contributed by atoms with Gasteiger partial charge in [0.25, 0.3) is 0 Å². The van der Waals surface area contributed by atoms with Gasteiger partial charge < -0.3 is 0 Å². The van der Waals surface area contributed by atoms with E-state index in [1.807, 2.05) is 6.07 Å². The number of ketones is 1. The minimum Gasteiger partial charge on any atom is -0.300 e. The molecule has 1 fully saturated rings. The predicted molar refractivity (Wildman–Crippen MR) is 63.6 cm³/mol. The molecule has 17 heavy (non-hydrogen) atoms. The van der Waals surface area contributed by atoms with Crippen molar-refractivity contribution in [1.29, 1.82) is 5.26 Å². The quantitative estimate of drug-likeness (QED) is 0.751. The molecule has 0 aromatic rings. The van der Waals surface area contributed by atoms with Crippen molar-refractivity contribution in [3.05, 3.63) is 0 Å². The smallest absolute Gasteiger partial charge is 0.230 e. The molecule has 0 aromatic heterocycles. The number of piperidine rings is 1. The van der Waals surface area contributed by atoms with Gasteiger partial charge in [0.15, 0.2) is 5.25 Å². The Hall–Kier alpha value is -0.930. The summed E-state index contributed by atoms with van der Waals surface area (Å²) in [5.41, 5.74) is 0. The van der Waals surface area contributed by atoms with Crippen LogP contribution in [0.1, 0.15) is 33.1 Å². The number of hydrogen-bond donors (Lipinski definition) is 0. The van der Waals surface area contributed by atoms with Crippen LogP contribution >= 0.6 is 0 Å². The van der Waals surface area contributed by atoms with Crippen LogP contribution in [0.3, 0.4) is 0 Å². The second kappa shape index (κ2) is 5.61. The Morgan fingerprint density at radius 3 is 2.71 bits per heavy atom. The molecule has 1 heterocycles. The molecule has 2 unspecified atom stereocenters. The maximum atomic E-state index is 12.1. The Kier molecular flexibility index (Phi) is 4.66. The van der Waals surface area contributed by atoms with Crippen LogP contribution in [0.4, 0.5) is 0 Å². The fraction of sp³-hybridized carbons (Fsp3) is 0.818. The van der Waals surface area contributed by atoms with Crippen molar-refractivity contribution in [2.24, 2.45) is 5.92 Å². The second-order valence-electron chi connectivity index (χ2n) is 4.38. The third-order valence-electron chi connectivity index (χ3n) is 3.19. The Morgan fingerprint density at radius 1 is 1.59 bits per heavy atom. The average Bonchev–Trinajstić information content (AvgIpc) is 2.30. The molecule has 0 N–H and O–H groups in total. The van der Waals surface area contributed by atoms with Crippen molar-refractivity contribution in [2.75, 3.05) is 13.1 Å². The van der Waals surface area contributed by atoms with Crippen LogP contribution in [0, 0.1) is 17.2 Å². The van der Waals surface area contributed by atoms with E-state index in [2.05, 4.69) is 0 Å². The van der Waals surface area contributed by atoms with Gasteiger partial charge in [-0.3, -0.25) is 4.79 Å². The summed E-state index contributed by atoms with van der Waals surface area (Å²) < 4.78 is 25.5. The molecule has 1 saturated heterocycles. The molecule has 6 heteroatoms. The van der Waals surface area contributed by atoms with E-state index in [1.54, 1.807) is 6.92 Å². The number of sulfonamides is 1. The summed E-state index contributed by atoms with van der Waals surface area (Å²) in [5.74, 6) is -0.190. The lowest BCUT2D eigenvalue weighted by Gasteiger charge is -2.31. The van der Waals surface area contributed by atoms with E-state index in [4.69, 9.17) is 5.26 Å². The average molecular weight is 258 g/mol. The third-order valence-corrected chi connectivity index (χ3v) is 5.40. The van der Waals surface area contributed by atoms with E-state index in [9.17, 15) is 13.2 Å². The summed E-state index contributed by atoms with van der Waals surface area (Å²) in [6.45, 7) is 3.82. The number of carbonyl (C=O) groups is 1. The summed E-state index contributed by atoms with van der Waals surface area (Å²) in [4.78, 5) is 11.3. The molecule has 0 saturated carbocycles. The number of Topliss-reactive ketones (excluding diaryl/α,β-unsaturated/α-hetero) is 1. The van der Waals surface area contributed by atoms with Gasteiger partial charge in [-0.05, 0) is 26.2 Å². The van der Waals surface area contributed by atoms with E-state index in [0.717, 1.165) is 6.42 Å². The minimum atomic E-state index is -3.57. The number of nitriles is 1. The molecule has 1 aliphatic rings. The largest absolute Gasteiger partial charge is 0.300 e. The van der Waals surface area contributed by atoms with Crippen LogP contribution in [0.5, 0.6) is 0 Å². The second-order valence-corrected chi connectivity index (χ2v) is 6.49. The van der Waals surface area contributed by atoms with E-state index in [1.165, 1.54) is 11.2 Å². The highest BCUT2D eigenvalue weighted by Gasteiger charge is 2.35. The summed E-state index contributed by atoms with van der Waals surface area (Å²) in [7, 11) is -3.57. The first-order valence-electron chi connectivity index (χ1n) is 5.82. The van der Waals surface area contributed by atoms with Gasteiger partial charge in [-0.15, -0.1) is 0 Å². The van der Waals surface area contributed by atoms with Crippen LogP contribution in [0.2, 0.25) is 0 Å². The standard InChI is InChI=1S/C11H18N2O3S/c1-3-11(7-12)17(15,16)13-6-4-5-10(8-13)9(2)14/h10-11H,3-6,8H2,1-2H3. The highest BCUT2D eigenvalue weighted by Crippen LogP contribution is 2.22. The first kappa shape index (κ1) is 14.1. The number of rotatable bonds is 4. The normalized spacial score (nSPS) is 23.9. The molecule has 0 spiro atoms. The Morgan fingerprint density at radius 2 is 2.24 bits per heavy atom. The van der Waals surface area contributed by atoms with Crippen LogP contribution in [-0.2, 0) is 14.8 Å². The minimum absolute atomic E-state index is 0.0231. The number of hydrogen-bond acceptors (Lipinski definition) is 4. The topological polar surface area (TPSA) is 78.2 Å². The zero-order valence-electron chi connectivity index (χ0n) is 10.2. The Labute approximate surface area is 102 Å². The van der Waals surface area contributed by atoms with E-state index >= 15 is 0 Å². The van der Waals surface area contributed by atoms with Gasteiger partial charge in [-0.2, -0.15) is 5.26 Å². The van der Waals surface area contributed by atoms with Crippen molar-refractivity contribution in [1.82, 2.24) is 4.31 Å². The van der Waals surface area contributed by atoms with Crippen LogP contribution in [0.25, 0.3) is 0 Å². The van der Waals surface area contributed by atoms with Gasteiger partial charge in [-0.1, -0.05) is 6.92 Å². The lowest BCUT2D eigenvalue weighted by molar-refractivity contribution is -0.121. The number of carbonyl (C=O) groups excluding carboxylic acids is 1. The zero-order chi connectivity index (χ0) is 13.1. The van der Waals surface area contributed by atoms with Crippen LogP contribution in [-0.4, -0.2) is 36.8 Å². The van der Waals surface area contributed by atoms with Gasteiger partial charge in [0, 0.05) is 19.0 Å². The monoisotopic (exact) mass is 258 g/mol. The predicted octanol–water partition coefficient (Wildman–Crippen LogP) is 0.919. The van der Waals surface area contributed by atoms with E-state index in [0.29, 0.717) is 13.0 Å². The highest BCUT2D eigenvalue weighted by molar-refractivity contribution is 7.90. The molecule has 0 radical (unpaired) electrons. The molecule has 1 aliphatic heterocycles. The summed E-state index contributed by atoms with van der Waals surface area (Å²) in [6.07, 6.45) is 1.70. The molecule has 1 rings (SSSR count). The lowest BCUT2D eigenvalue weighted by Crippen LogP contribution is -2.45. The van der Waals surface area contributed by atoms with Crippen LogP contribution < -0.4 is 0 Å². The lowest BCUT2D eigenvalue weighted by atomic mass is 9.96. The molecular weight excluding hydrogens is 240 g/mol. The molecule has 5 nitrogen and oxygen atoms in total. The van der Waals surface area contributed by atoms with Crippen molar-refractivity contribution in [3.8, 4) is 6.07 Å². The maximum absolute atomic E-state index is 12.1. The maximum Gasteiger partial charge on any atom is 0.230 e. The van der Waals surface area contributed by atoms with Gasteiger partial charge in [0.1, 0.15) is 5.78 Å². The van der Waals surface area contributed by atoms with E-state index < -0.39 is 15.3 Å². The van der Waals surface area contributed by atoms with E-state index in [-0.39, 0.29) is 24.7 Å². The fourth-order valence-corrected chi connectivity index (χ4v) is 3.74. The van der Waals surface area contributed by atoms with Gasteiger partial charge in [-0.25, -0.2) is 12.7 Å². The third kappa shape index (κ3) is 3.05. The highest BCUT2D eigenvalue weighted by atomic mass is 32.2. The molecule has 0 aliphatic carbocycles. The first-order valence-corrected chi connectivity index (χ1v) is 7.32. The molecule has 0 amide bonds. The number of nitrogens with zero attached hydrogens (tertiary/aromatic N) is 2. The molecule has 96 valence electrons. The molecular formula is C11H18N2O3S. The Balaban J connectivity index is 2.86.